The molecule has 0 aliphatic carbocycles. The van der Waals surface area contributed by atoms with Crippen LogP contribution < -0.4 is 10.3 Å². The highest BCUT2D eigenvalue weighted by atomic mass is 32.1. The lowest BCUT2D eigenvalue weighted by molar-refractivity contribution is 0.220. The molecule has 0 amide bonds. The summed E-state index contributed by atoms with van der Waals surface area (Å²) in [4.78, 5) is 16.9. The van der Waals surface area contributed by atoms with Crippen molar-refractivity contribution in [1.82, 2.24) is 9.55 Å². The first-order valence-corrected chi connectivity index (χ1v) is 10.7. The van der Waals surface area contributed by atoms with E-state index in [9.17, 15) is 13.6 Å². The second-order valence-electron chi connectivity index (χ2n) is 8.14. The van der Waals surface area contributed by atoms with Crippen molar-refractivity contribution in [3.05, 3.63) is 74.9 Å². The molecule has 0 aliphatic rings. The Morgan fingerprint density at radius 2 is 1.81 bits per heavy atom. The number of pyridine rings is 2. The zero-order chi connectivity index (χ0) is 22.5. The summed E-state index contributed by atoms with van der Waals surface area (Å²) < 4.78 is 37.0. The van der Waals surface area contributed by atoms with Gasteiger partial charge in [0.25, 0.3) is 5.56 Å². The molecular formula is C24H22F2N2O2S. The van der Waals surface area contributed by atoms with Gasteiger partial charge in [-0.25, -0.2) is 13.8 Å². The van der Waals surface area contributed by atoms with Crippen molar-refractivity contribution in [3.63, 3.8) is 0 Å². The van der Waals surface area contributed by atoms with E-state index in [1.807, 2.05) is 5.38 Å². The Morgan fingerprint density at radius 1 is 1.13 bits per heavy atom. The number of thiophene rings is 1. The number of aryl methyl sites for hydroxylation is 3. The molecule has 3 heterocycles. The van der Waals surface area contributed by atoms with Gasteiger partial charge in [-0.15, -0.1) is 11.3 Å². The predicted molar refractivity (Wildman–Crippen MR) is 120 cm³/mol. The molecule has 0 bridgehead atoms. The lowest BCUT2D eigenvalue weighted by Crippen LogP contribution is -2.16. The number of halogens is 2. The lowest BCUT2D eigenvalue weighted by atomic mass is 9.98. The molecule has 1 aromatic carbocycles. The molecule has 3 aromatic heterocycles. The molecule has 0 unspecified atom stereocenters. The minimum atomic E-state index is -1.61. The van der Waals surface area contributed by atoms with Crippen LogP contribution in [0.2, 0.25) is 0 Å². The summed E-state index contributed by atoms with van der Waals surface area (Å²) in [7, 11) is 1.67. The predicted octanol–water partition coefficient (Wildman–Crippen LogP) is 6.41. The zero-order valence-corrected chi connectivity index (χ0v) is 18.7. The molecule has 4 rings (SSSR count). The Balaban J connectivity index is 1.98. The van der Waals surface area contributed by atoms with E-state index in [1.54, 1.807) is 39.2 Å². The molecule has 160 valence electrons. The first-order valence-electron chi connectivity index (χ1n) is 9.77. The topological polar surface area (TPSA) is 44.1 Å². The number of rotatable bonds is 4. The number of benzene rings is 1. The largest absolute Gasteiger partial charge is 0.438 e. The van der Waals surface area contributed by atoms with Gasteiger partial charge in [0.1, 0.15) is 17.2 Å². The second-order valence-corrected chi connectivity index (χ2v) is 9.06. The third-order valence-corrected chi connectivity index (χ3v) is 6.18. The van der Waals surface area contributed by atoms with E-state index in [0.29, 0.717) is 33.4 Å². The summed E-state index contributed by atoms with van der Waals surface area (Å²) in [5.41, 5.74) is 1.21. The fourth-order valence-corrected chi connectivity index (χ4v) is 4.50. The number of alkyl halides is 1. The van der Waals surface area contributed by atoms with Gasteiger partial charge in [-0.3, -0.25) is 4.79 Å². The zero-order valence-electron chi connectivity index (χ0n) is 17.9. The average Bonchev–Trinajstić information content (AvgIpc) is 3.17. The fourth-order valence-electron chi connectivity index (χ4n) is 3.59. The quantitative estimate of drug-likeness (QED) is 0.368. The molecule has 0 saturated heterocycles. The van der Waals surface area contributed by atoms with Crippen molar-refractivity contribution in [2.45, 2.75) is 33.4 Å². The van der Waals surface area contributed by atoms with Gasteiger partial charge >= 0.3 is 0 Å². The minimum Gasteiger partial charge on any atom is -0.438 e. The fraction of sp³-hybridized carbons (Fsp3) is 0.250. The number of aromatic nitrogens is 2. The van der Waals surface area contributed by atoms with Crippen LogP contribution in [0.25, 0.3) is 21.2 Å². The molecule has 0 atom stereocenters. The standard InChI is InChI=1S/C24H22F2N2O2S/c1-13-8-16(25)9-14(2)20(13)30-22-18(10-15(11-27-22)24(3,4)26)19-12-28(5)23(29)17-6-7-31-21(17)19/h6-12H,1-5H3. The molecule has 4 aromatic rings. The van der Waals surface area contributed by atoms with Crippen molar-refractivity contribution >= 4 is 21.4 Å². The third kappa shape index (κ3) is 3.85. The van der Waals surface area contributed by atoms with Gasteiger partial charge in [0.05, 0.1) is 5.39 Å². The first kappa shape index (κ1) is 21.2. The number of fused-ring (bicyclic) bond motifs is 1. The summed E-state index contributed by atoms with van der Waals surface area (Å²) in [5.74, 6) is 0.414. The Bertz CT molecular complexity index is 1340. The van der Waals surface area contributed by atoms with Gasteiger partial charge in [0, 0.05) is 40.8 Å². The molecule has 0 fully saturated rings. The summed E-state index contributed by atoms with van der Waals surface area (Å²) in [6.45, 7) is 6.44. The number of hydrogen-bond acceptors (Lipinski definition) is 4. The van der Waals surface area contributed by atoms with Gasteiger partial charge in [-0.05, 0) is 68.5 Å². The number of hydrogen-bond donors (Lipinski definition) is 0. The maximum atomic E-state index is 14.8. The second kappa shape index (κ2) is 7.57. The van der Waals surface area contributed by atoms with Gasteiger partial charge in [0.2, 0.25) is 5.88 Å². The van der Waals surface area contributed by atoms with Crippen molar-refractivity contribution in [2.24, 2.45) is 7.05 Å². The Kier molecular flexibility index (Phi) is 5.17. The summed E-state index contributed by atoms with van der Waals surface area (Å²) in [5, 5.41) is 2.43. The van der Waals surface area contributed by atoms with E-state index < -0.39 is 5.67 Å². The maximum absolute atomic E-state index is 14.8. The van der Waals surface area contributed by atoms with Crippen LogP contribution in [0, 0.1) is 19.7 Å². The van der Waals surface area contributed by atoms with Gasteiger partial charge < -0.3 is 9.30 Å². The van der Waals surface area contributed by atoms with Crippen molar-refractivity contribution < 1.29 is 13.5 Å². The van der Waals surface area contributed by atoms with Crippen LogP contribution in [0.5, 0.6) is 11.6 Å². The lowest BCUT2D eigenvalue weighted by Gasteiger charge is -2.19. The van der Waals surface area contributed by atoms with Crippen LogP contribution in [0.15, 0.2) is 46.8 Å². The molecule has 31 heavy (non-hydrogen) atoms. The summed E-state index contributed by atoms with van der Waals surface area (Å²) in [6, 6.07) is 6.27. The van der Waals surface area contributed by atoms with Crippen LogP contribution >= 0.6 is 11.3 Å². The molecule has 4 nitrogen and oxygen atoms in total. The normalized spacial score (nSPS) is 11.8. The Morgan fingerprint density at radius 3 is 2.45 bits per heavy atom. The highest BCUT2D eigenvalue weighted by Gasteiger charge is 2.24. The third-order valence-electron chi connectivity index (χ3n) is 5.23. The van der Waals surface area contributed by atoms with Crippen LogP contribution in [0.4, 0.5) is 8.78 Å². The van der Waals surface area contributed by atoms with Crippen LogP contribution in [0.3, 0.4) is 0 Å². The van der Waals surface area contributed by atoms with Crippen LogP contribution in [-0.4, -0.2) is 9.55 Å². The minimum absolute atomic E-state index is 0.109. The van der Waals surface area contributed by atoms with Gasteiger partial charge in [-0.2, -0.15) is 0 Å². The van der Waals surface area contributed by atoms with Crippen molar-refractivity contribution in [1.29, 1.82) is 0 Å². The molecular weight excluding hydrogens is 418 g/mol. The number of nitrogens with zero attached hydrogens (tertiary/aromatic N) is 2. The molecule has 0 N–H and O–H groups in total. The molecule has 0 spiro atoms. The van der Waals surface area contributed by atoms with E-state index >= 15 is 0 Å². The monoisotopic (exact) mass is 440 g/mol. The Labute approximate surface area is 182 Å². The van der Waals surface area contributed by atoms with Gasteiger partial charge in [-0.1, -0.05) is 0 Å². The number of ether oxygens (including phenoxy) is 1. The highest BCUT2D eigenvalue weighted by molar-refractivity contribution is 7.17. The van der Waals surface area contributed by atoms with Crippen molar-refractivity contribution in [3.8, 4) is 22.8 Å². The van der Waals surface area contributed by atoms with E-state index in [0.717, 1.165) is 10.3 Å². The smallest absolute Gasteiger partial charge is 0.259 e. The van der Waals surface area contributed by atoms with Crippen molar-refractivity contribution in [2.75, 3.05) is 0 Å². The van der Waals surface area contributed by atoms with E-state index in [4.69, 9.17) is 4.74 Å². The maximum Gasteiger partial charge on any atom is 0.259 e. The van der Waals surface area contributed by atoms with Gasteiger partial charge in [0.15, 0.2) is 0 Å². The van der Waals surface area contributed by atoms with E-state index in [2.05, 4.69) is 4.98 Å². The van der Waals surface area contributed by atoms with E-state index in [1.165, 1.54) is 48.1 Å². The molecule has 7 heteroatoms. The van der Waals surface area contributed by atoms with E-state index in [-0.39, 0.29) is 17.3 Å². The summed E-state index contributed by atoms with van der Waals surface area (Å²) in [6.07, 6.45) is 3.16. The Hall–Kier alpha value is -3.06. The molecule has 0 radical (unpaired) electrons. The highest BCUT2D eigenvalue weighted by Crippen LogP contribution is 2.40. The SMILES string of the molecule is Cc1cc(F)cc(C)c1Oc1ncc(C(C)(C)F)cc1-c1cn(C)c(=O)c2ccsc12. The first-order chi connectivity index (χ1) is 14.6. The average molecular weight is 441 g/mol. The molecule has 0 saturated carbocycles. The molecule has 0 aliphatic heterocycles. The van der Waals surface area contributed by atoms with Crippen LogP contribution in [0.1, 0.15) is 30.5 Å². The van der Waals surface area contributed by atoms with Crippen LogP contribution in [-0.2, 0) is 12.7 Å². The summed E-state index contributed by atoms with van der Waals surface area (Å²) >= 11 is 1.43.